The smallest absolute Gasteiger partial charge is 0.341 e. The Balaban J connectivity index is 2.42. The van der Waals surface area contributed by atoms with Crippen LogP contribution >= 0.6 is 0 Å². The molecule has 2 aromatic rings. The van der Waals surface area contributed by atoms with Gasteiger partial charge in [0, 0.05) is 19.7 Å². The number of benzene rings is 1. The number of carbonyl (C=O) groups is 1. The third-order valence-corrected chi connectivity index (χ3v) is 4.30. The summed E-state index contributed by atoms with van der Waals surface area (Å²) in [5, 5.41) is 11.0. The van der Waals surface area contributed by atoms with Gasteiger partial charge in [0.15, 0.2) is 0 Å². The van der Waals surface area contributed by atoms with E-state index in [0.717, 1.165) is 42.5 Å². The third kappa shape index (κ3) is 2.63. The highest BCUT2D eigenvalue weighted by atomic mass is 16.4. The molecule has 0 aliphatic heterocycles. The van der Waals surface area contributed by atoms with Gasteiger partial charge in [0.25, 0.3) is 5.56 Å². The minimum atomic E-state index is -1.18. The molecular formula is C18H20N2O3. The van der Waals surface area contributed by atoms with Crippen LogP contribution in [0.3, 0.4) is 0 Å². The Morgan fingerprint density at radius 2 is 1.78 bits per heavy atom. The highest BCUT2D eigenvalue weighted by Gasteiger charge is 2.23. The molecule has 1 aromatic heterocycles. The van der Waals surface area contributed by atoms with Crippen molar-refractivity contribution in [1.82, 2.24) is 4.68 Å². The van der Waals surface area contributed by atoms with Crippen LogP contribution in [0, 0.1) is 0 Å². The first kappa shape index (κ1) is 15.3. The third-order valence-electron chi connectivity index (χ3n) is 4.30. The van der Waals surface area contributed by atoms with Crippen molar-refractivity contribution < 1.29 is 9.90 Å². The van der Waals surface area contributed by atoms with Crippen LogP contribution in [-0.4, -0.2) is 29.8 Å². The zero-order chi connectivity index (χ0) is 16.6. The Bertz CT molecular complexity index is 822. The maximum atomic E-state index is 12.7. The van der Waals surface area contributed by atoms with E-state index in [9.17, 15) is 14.7 Å². The van der Waals surface area contributed by atoms with Crippen molar-refractivity contribution in [3.63, 3.8) is 0 Å². The van der Waals surface area contributed by atoms with Crippen LogP contribution in [0.5, 0.6) is 0 Å². The Labute approximate surface area is 134 Å². The lowest BCUT2D eigenvalue weighted by Crippen LogP contribution is -2.40. The first-order chi connectivity index (χ1) is 11.0. The molecule has 0 atom stereocenters. The fourth-order valence-electron chi connectivity index (χ4n) is 3.27. The Morgan fingerprint density at radius 1 is 1.13 bits per heavy atom. The standard InChI is InChI=1S/C18H20N2O3/c1-19(2)20-16-13(11-15(17(20)21)18(22)23)9-4-3-7-12-8-5-6-10-14(12)16/h5-6,8,10-11H,3-4,7,9H2,1-2H3,(H,22,23). The van der Waals surface area contributed by atoms with Gasteiger partial charge in [-0.05, 0) is 42.9 Å². The lowest BCUT2D eigenvalue weighted by molar-refractivity contribution is 0.0694. The number of hydrogen-bond acceptors (Lipinski definition) is 3. The maximum absolute atomic E-state index is 12.7. The number of pyridine rings is 1. The number of rotatable bonds is 2. The van der Waals surface area contributed by atoms with Crippen molar-refractivity contribution in [2.24, 2.45) is 0 Å². The van der Waals surface area contributed by atoms with Crippen LogP contribution in [0.1, 0.15) is 34.3 Å². The molecule has 3 rings (SSSR count). The van der Waals surface area contributed by atoms with Gasteiger partial charge < -0.3 is 10.1 Å². The topological polar surface area (TPSA) is 62.5 Å². The van der Waals surface area contributed by atoms with Gasteiger partial charge in [0.2, 0.25) is 0 Å². The van der Waals surface area contributed by atoms with Crippen LogP contribution in [-0.2, 0) is 12.8 Å². The van der Waals surface area contributed by atoms with Crippen molar-refractivity contribution in [2.45, 2.75) is 25.7 Å². The summed E-state index contributed by atoms with van der Waals surface area (Å²) in [6.45, 7) is 0. The number of nitrogens with zero attached hydrogens (tertiary/aromatic N) is 2. The molecule has 0 saturated heterocycles. The number of carboxylic acids is 1. The number of carboxylic acid groups (broad SMARTS) is 1. The highest BCUT2D eigenvalue weighted by Crippen LogP contribution is 2.31. The summed E-state index contributed by atoms with van der Waals surface area (Å²) in [7, 11) is 3.52. The molecule has 0 bridgehead atoms. The maximum Gasteiger partial charge on any atom is 0.341 e. The predicted molar refractivity (Wildman–Crippen MR) is 89.8 cm³/mol. The summed E-state index contributed by atoms with van der Waals surface area (Å²) in [4.78, 5) is 24.1. The first-order valence-electron chi connectivity index (χ1n) is 7.79. The molecule has 0 unspecified atom stereocenters. The Morgan fingerprint density at radius 3 is 2.43 bits per heavy atom. The van der Waals surface area contributed by atoms with Gasteiger partial charge in [-0.15, -0.1) is 0 Å². The Hall–Kier alpha value is -2.56. The minimum absolute atomic E-state index is 0.171. The molecule has 1 heterocycles. The summed E-state index contributed by atoms with van der Waals surface area (Å²) >= 11 is 0. The summed E-state index contributed by atoms with van der Waals surface area (Å²) < 4.78 is 1.49. The monoisotopic (exact) mass is 312 g/mol. The van der Waals surface area contributed by atoms with E-state index in [4.69, 9.17) is 0 Å². The second kappa shape index (κ2) is 5.91. The van der Waals surface area contributed by atoms with Crippen LogP contribution in [0.2, 0.25) is 0 Å². The molecule has 23 heavy (non-hydrogen) atoms. The van der Waals surface area contributed by atoms with E-state index in [-0.39, 0.29) is 5.56 Å². The zero-order valence-electron chi connectivity index (χ0n) is 13.4. The molecule has 5 nitrogen and oxygen atoms in total. The highest BCUT2D eigenvalue weighted by molar-refractivity contribution is 5.88. The van der Waals surface area contributed by atoms with Crippen LogP contribution in [0.25, 0.3) is 11.3 Å². The van der Waals surface area contributed by atoms with Gasteiger partial charge >= 0.3 is 5.97 Å². The van der Waals surface area contributed by atoms with Crippen LogP contribution in [0.15, 0.2) is 35.1 Å². The van der Waals surface area contributed by atoms with Gasteiger partial charge in [0.1, 0.15) is 5.56 Å². The first-order valence-corrected chi connectivity index (χ1v) is 7.79. The van der Waals surface area contributed by atoms with Gasteiger partial charge in [-0.3, -0.25) is 4.79 Å². The van der Waals surface area contributed by atoms with E-state index in [1.807, 2.05) is 18.2 Å². The quantitative estimate of drug-likeness (QED) is 0.924. The molecule has 1 N–H and O–H groups in total. The van der Waals surface area contributed by atoms with E-state index in [2.05, 4.69) is 6.07 Å². The molecule has 0 amide bonds. The molecule has 0 saturated carbocycles. The average molecular weight is 312 g/mol. The average Bonchev–Trinajstić information content (AvgIpc) is 2.49. The molecule has 0 radical (unpaired) electrons. The molecule has 1 aliphatic rings. The van der Waals surface area contributed by atoms with E-state index >= 15 is 0 Å². The Kier molecular flexibility index (Phi) is 3.94. The fourth-order valence-corrected chi connectivity index (χ4v) is 3.27. The number of hydrogen-bond donors (Lipinski definition) is 1. The summed E-state index contributed by atoms with van der Waals surface area (Å²) in [6.07, 6.45) is 3.78. The molecular weight excluding hydrogens is 292 g/mol. The van der Waals surface area contributed by atoms with Crippen molar-refractivity contribution in [3.05, 3.63) is 57.4 Å². The largest absolute Gasteiger partial charge is 0.477 e. The predicted octanol–water partition coefficient (Wildman–Crippen LogP) is 2.29. The number of aromatic carboxylic acids is 1. The van der Waals surface area contributed by atoms with E-state index < -0.39 is 11.5 Å². The lowest BCUT2D eigenvalue weighted by atomic mass is 9.90. The molecule has 1 aromatic carbocycles. The van der Waals surface area contributed by atoms with Crippen molar-refractivity contribution >= 4 is 5.97 Å². The molecule has 0 spiro atoms. The fraction of sp³-hybridized carbons (Fsp3) is 0.333. The number of fused-ring (bicyclic) bond motifs is 3. The van der Waals surface area contributed by atoms with Gasteiger partial charge in [-0.25, -0.2) is 9.47 Å². The van der Waals surface area contributed by atoms with Crippen molar-refractivity contribution in [2.75, 3.05) is 19.1 Å². The SMILES string of the molecule is CN(C)n1c2c(cc(C(=O)O)c1=O)CCCCc1ccccc1-2. The number of aryl methyl sites for hydroxylation is 2. The lowest BCUT2D eigenvalue weighted by Gasteiger charge is -2.26. The summed E-state index contributed by atoms with van der Waals surface area (Å²) in [5.74, 6) is -1.18. The van der Waals surface area contributed by atoms with Gasteiger partial charge in [0.05, 0.1) is 5.69 Å². The van der Waals surface area contributed by atoms with Gasteiger partial charge in [-0.1, -0.05) is 24.3 Å². The van der Waals surface area contributed by atoms with Gasteiger partial charge in [-0.2, -0.15) is 0 Å². The molecule has 120 valence electrons. The minimum Gasteiger partial charge on any atom is -0.477 e. The molecule has 5 heteroatoms. The van der Waals surface area contributed by atoms with Crippen molar-refractivity contribution in [3.8, 4) is 11.3 Å². The van der Waals surface area contributed by atoms with E-state index in [0.29, 0.717) is 0 Å². The second-order valence-electron chi connectivity index (χ2n) is 6.07. The van der Waals surface area contributed by atoms with Crippen molar-refractivity contribution in [1.29, 1.82) is 0 Å². The van der Waals surface area contributed by atoms with Crippen LogP contribution < -0.4 is 10.6 Å². The van der Waals surface area contributed by atoms with Crippen LogP contribution in [0.4, 0.5) is 0 Å². The second-order valence-corrected chi connectivity index (χ2v) is 6.07. The number of aromatic nitrogens is 1. The normalized spacial score (nSPS) is 13.5. The summed E-state index contributed by atoms with van der Waals surface area (Å²) in [5.41, 5.74) is 3.30. The summed E-state index contributed by atoms with van der Waals surface area (Å²) in [6, 6.07) is 9.62. The zero-order valence-corrected chi connectivity index (χ0v) is 13.4. The molecule has 1 aliphatic carbocycles. The molecule has 0 fully saturated rings. The van der Waals surface area contributed by atoms with E-state index in [1.165, 1.54) is 10.2 Å². The van der Waals surface area contributed by atoms with E-state index in [1.54, 1.807) is 25.2 Å².